The molecule has 39 heavy (non-hydrogen) atoms. The van der Waals surface area contributed by atoms with Gasteiger partial charge in [0.15, 0.2) is 0 Å². The third-order valence-corrected chi connectivity index (χ3v) is 6.05. The summed E-state index contributed by atoms with van der Waals surface area (Å²) in [6.45, 7) is 3.88. The van der Waals surface area contributed by atoms with Gasteiger partial charge in [0.05, 0.1) is 6.61 Å². The molecule has 204 valence electrons. The number of H-pyrrole nitrogens is 1. The van der Waals surface area contributed by atoms with Crippen LogP contribution in [0.2, 0.25) is 0 Å². The minimum atomic E-state index is -0.933. The van der Waals surface area contributed by atoms with Crippen LogP contribution in [-0.2, 0) is 25.5 Å². The minimum absolute atomic E-state index is 0.00201. The first-order chi connectivity index (χ1) is 18.8. The second kappa shape index (κ2) is 14.3. The van der Waals surface area contributed by atoms with E-state index in [9.17, 15) is 19.2 Å². The average Bonchev–Trinajstić information content (AvgIpc) is 3.41. The van der Waals surface area contributed by atoms with Crippen molar-refractivity contribution in [1.82, 2.24) is 15.6 Å². The first kappa shape index (κ1) is 28.9. The van der Waals surface area contributed by atoms with Gasteiger partial charge in [-0.2, -0.15) is 0 Å². The number of amides is 3. The van der Waals surface area contributed by atoms with Crippen molar-refractivity contribution in [2.75, 3.05) is 6.61 Å². The van der Waals surface area contributed by atoms with Crippen molar-refractivity contribution in [3.63, 3.8) is 0 Å². The Morgan fingerprint density at radius 2 is 1.69 bits per heavy atom. The molecule has 0 aliphatic heterocycles. The molecule has 9 heteroatoms. The third-order valence-electron chi connectivity index (χ3n) is 6.05. The number of hydrogen-bond acceptors (Lipinski definition) is 5. The maximum atomic E-state index is 13.4. The van der Waals surface area contributed by atoms with E-state index in [1.54, 1.807) is 13.0 Å². The lowest BCUT2D eigenvalue weighted by Crippen LogP contribution is -2.50. The first-order valence-electron chi connectivity index (χ1n) is 12.8. The van der Waals surface area contributed by atoms with E-state index in [2.05, 4.69) is 15.6 Å². The van der Waals surface area contributed by atoms with Gasteiger partial charge in [-0.25, -0.2) is 4.79 Å². The van der Waals surface area contributed by atoms with Crippen LogP contribution in [0.5, 0.6) is 0 Å². The normalized spacial score (nSPS) is 12.5. The van der Waals surface area contributed by atoms with Gasteiger partial charge < -0.3 is 26.1 Å². The molecule has 0 saturated heterocycles. The van der Waals surface area contributed by atoms with Crippen LogP contribution in [0.3, 0.4) is 0 Å². The summed E-state index contributed by atoms with van der Waals surface area (Å²) in [4.78, 5) is 52.9. The molecule has 0 unspecified atom stereocenters. The smallest absolute Gasteiger partial charge is 0.330 e. The Morgan fingerprint density at radius 3 is 2.38 bits per heavy atom. The van der Waals surface area contributed by atoms with Crippen LogP contribution in [0.4, 0.5) is 0 Å². The zero-order chi connectivity index (χ0) is 28.2. The summed E-state index contributed by atoms with van der Waals surface area (Å²) >= 11 is 0. The van der Waals surface area contributed by atoms with Crippen LogP contribution >= 0.6 is 0 Å². The summed E-state index contributed by atoms with van der Waals surface area (Å²) in [6.07, 6.45) is 3.07. The summed E-state index contributed by atoms with van der Waals surface area (Å²) in [5.74, 6) is -2.02. The van der Waals surface area contributed by atoms with Crippen LogP contribution in [0.25, 0.3) is 11.3 Å². The summed E-state index contributed by atoms with van der Waals surface area (Å²) in [7, 11) is 0. The second-order valence-electron chi connectivity index (χ2n) is 9.05. The predicted molar refractivity (Wildman–Crippen MR) is 148 cm³/mol. The lowest BCUT2D eigenvalue weighted by atomic mass is 10.0. The number of esters is 1. The molecule has 0 radical (unpaired) electrons. The fourth-order valence-electron chi connectivity index (χ4n) is 4.04. The molecule has 1 aromatic heterocycles. The molecule has 0 saturated carbocycles. The zero-order valence-corrected chi connectivity index (χ0v) is 22.1. The molecule has 0 aliphatic carbocycles. The van der Waals surface area contributed by atoms with Crippen molar-refractivity contribution in [1.29, 1.82) is 0 Å². The van der Waals surface area contributed by atoms with Crippen molar-refractivity contribution < 1.29 is 23.9 Å². The number of primary amides is 1. The quantitative estimate of drug-likeness (QED) is 0.198. The molecule has 2 aromatic carbocycles. The topological polar surface area (TPSA) is 143 Å². The lowest BCUT2D eigenvalue weighted by Gasteiger charge is -2.22. The summed E-state index contributed by atoms with van der Waals surface area (Å²) in [5, 5.41) is 5.65. The summed E-state index contributed by atoms with van der Waals surface area (Å²) in [5.41, 5.74) is 9.28. The Kier molecular flexibility index (Phi) is 10.6. The largest absolute Gasteiger partial charge is 0.463 e. The molecule has 0 bridgehead atoms. The van der Waals surface area contributed by atoms with Gasteiger partial charge in [-0.05, 0) is 43.5 Å². The van der Waals surface area contributed by atoms with Crippen LogP contribution in [0.1, 0.15) is 41.4 Å². The molecular weight excluding hydrogens is 496 g/mol. The third kappa shape index (κ3) is 8.99. The van der Waals surface area contributed by atoms with E-state index in [4.69, 9.17) is 10.5 Å². The number of hydrogen-bond donors (Lipinski definition) is 4. The number of aromatic nitrogens is 1. The van der Waals surface area contributed by atoms with Crippen LogP contribution < -0.4 is 16.4 Å². The van der Waals surface area contributed by atoms with E-state index in [0.717, 1.165) is 22.4 Å². The SMILES string of the molecule is CCOC(=O)C=C[C@H](CCC(N)=O)NC(=O)[C@H](Cc1ccccc1)NC(=O)c1ccc(-c2ccccc2C)[nH]1. The lowest BCUT2D eigenvalue weighted by molar-refractivity contribution is -0.137. The summed E-state index contributed by atoms with van der Waals surface area (Å²) in [6, 6.07) is 19.0. The molecule has 2 atom stereocenters. The second-order valence-corrected chi connectivity index (χ2v) is 9.05. The van der Waals surface area contributed by atoms with Gasteiger partial charge in [0, 0.05) is 36.2 Å². The Labute approximate surface area is 227 Å². The Bertz CT molecular complexity index is 1320. The first-order valence-corrected chi connectivity index (χ1v) is 12.8. The molecule has 3 rings (SSSR count). The van der Waals surface area contributed by atoms with E-state index >= 15 is 0 Å². The fourth-order valence-corrected chi connectivity index (χ4v) is 4.04. The number of nitrogens with two attached hydrogens (primary N) is 1. The highest BCUT2D eigenvalue weighted by molar-refractivity contribution is 5.97. The van der Waals surface area contributed by atoms with E-state index < -0.39 is 35.8 Å². The van der Waals surface area contributed by atoms with Gasteiger partial charge in [-0.1, -0.05) is 60.7 Å². The number of carbonyl (C=O) groups excluding carboxylic acids is 4. The number of ether oxygens (including phenoxy) is 1. The monoisotopic (exact) mass is 530 g/mol. The van der Waals surface area contributed by atoms with Gasteiger partial charge in [-0.15, -0.1) is 0 Å². The maximum absolute atomic E-state index is 13.4. The van der Waals surface area contributed by atoms with E-state index in [1.165, 1.54) is 12.2 Å². The molecule has 3 amide bonds. The number of aryl methyl sites for hydroxylation is 1. The Morgan fingerprint density at radius 1 is 0.974 bits per heavy atom. The van der Waals surface area contributed by atoms with Gasteiger partial charge in [0.2, 0.25) is 11.8 Å². The molecule has 9 nitrogen and oxygen atoms in total. The minimum Gasteiger partial charge on any atom is -0.463 e. The number of rotatable bonds is 13. The van der Waals surface area contributed by atoms with Gasteiger partial charge in [-0.3, -0.25) is 14.4 Å². The highest BCUT2D eigenvalue weighted by Gasteiger charge is 2.25. The maximum Gasteiger partial charge on any atom is 0.330 e. The molecule has 1 heterocycles. The summed E-state index contributed by atoms with van der Waals surface area (Å²) < 4.78 is 4.90. The number of nitrogens with one attached hydrogen (secondary N) is 3. The van der Waals surface area contributed by atoms with Crippen molar-refractivity contribution in [3.8, 4) is 11.3 Å². The van der Waals surface area contributed by atoms with Crippen LogP contribution in [0, 0.1) is 6.92 Å². The Balaban J connectivity index is 1.79. The van der Waals surface area contributed by atoms with Gasteiger partial charge in [0.25, 0.3) is 5.91 Å². The highest BCUT2D eigenvalue weighted by Crippen LogP contribution is 2.22. The molecule has 0 spiro atoms. The van der Waals surface area contributed by atoms with E-state index in [1.807, 2.05) is 67.6 Å². The van der Waals surface area contributed by atoms with E-state index in [-0.39, 0.29) is 25.9 Å². The average molecular weight is 531 g/mol. The number of carbonyl (C=O) groups is 4. The van der Waals surface area contributed by atoms with Crippen molar-refractivity contribution in [2.45, 2.75) is 45.2 Å². The molecule has 0 fully saturated rings. The zero-order valence-electron chi connectivity index (χ0n) is 22.1. The predicted octanol–water partition coefficient (Wildman–Crippen LogP) is 3.20. The van der Waals surface area contributed by atoms with E-state index in [0.29, 0.717) is 5.69 Å². The van der Waals surface area contributed by atoms with Crippen molar-refractivity contribution in [2.24, 2.45) is 5.73 Å². The molecule has 3 aromatic rings. The Hall–Kier alpha value is -4.66. The van der Waals surface area contributed by atoms with Crippen molar-refractivity contribution in [3.05, 3.63) is 95.7 Å². The van der Waals surface area contributed by atoms with Crippen molar-refractivity contribution >= 4 is 23.7 Å². The van der Waals surface area contributed by atoms with Crippen LogP contribution in [0.15, 0.2) is 78.9 Å². The van der Waals surface area contributed by atoms with Crippen LogP contribution in [-0.4, -0.2) is 47.4 Å². The number of benzene rings is 2. The molecule has 5 N–H and O–H groups in total. The number of aromatic amines is 1. The molecular formula is C30H34N4O5. The molecule has 0 aliphatic rings. The standard InChI is InChI=1S/C30H34N4O5/c1-3-39-28(36)18-14-22(13-17-27(31)35)32-30(38)26(19-21-10-5-4-6-11-21)34-29(37)25-16-15-24(33-25)23-12-8-7-9-20(23)2/h4-12,14-16,18,22,26,33H,3,13,17,19H2,1-2H3,(H2,31,35)(H,32,38)(H,34,37)/t22-,26-/m0/s1. The highest BCUT2D eigenvalue weighted by atomic mass is 16.5. The van der Waals surface area contributed by atoms with Gasteiger partial charge in [0.1, 0.15) is 11.7 Å². The van der Waals surface area contributed by atoms with Gasteiger partial charge >= 0.3 is 5.97 Å². The fraction of sp³-hybridized carbons (Fsp3) is 0.267.